The number of rotatable bonds is 5. The van der Waals surface area contributed by atoms with Crippen LogP contribution in [0.15, 0.2) is 24.3 Å². The summed E-state index contributed by atoms with van der Waals surface area (Å²) in [6.45, 7) is 6.84. The first kappa shape index (κ1) is 14.6. The molecule has 1 heterocycles. The average Bonchev–Trinajstić information content (AvgIpc) is 2.69. The van der Waals surface area contributed by atoms with E-state index in [9.17, 15) is 0 Å². The number of nitrogens with zero attached hydrogens (tertiary/aromatic N) is 2. The lowest BCUT2D eigenvalue weighted by molar-refractivity contribution is 0.313. The summed E-state index contributed by atoms with van der Waals surface area (Å²) in [6.07, 6.45) is 0.981. The Balaban J connectivity index is 2.40. The van der Waals surface area contributed by atoms with Crippen LogP contribution in [-0.4, -0.2) is 16.4 Å². The van der Waals surface area contributed by atoms with Gasteiger partial charge in [0, 0.05) is 23.9 Å². The standard InChI is InChI=1S/C16H23N3O/c1-5-10-20-14-9-7-6-8-13(14)16(17)15-11(2)18-19(4)12(15)3/h6-9,16H,5,10,17H2,1-4H3. The smallest absolute Gasteiger partial charge is 0.124 e. The van der Waals surface area contributed by atoms with E-state index in [1.54, 1.807) is 0 Å². The molecule has 0 radical (unpaired) electrons. The molecule has 0 aliphatic rings. The van der Waals surface area contributed by atoms with Gasteiger partial charge in [-0.1, -0.05) is 25.1 Å². The zero-order valence-corrected chi connectivity index (χ0v) is 12.7. The van der Waals surface area contributed by atoms with Crippen LogP contribution in [0.1, 0.15) is 41.9 Å². The Kier molecular flexibility index (Phi) is 4.45. The average molecular weight is 273 g/mol. The number of aromatic nitrogens is 2. The number of ether oxygens (including phenoxy) is 1. The molecule has 0 aliphatic heterocycles. The van der Waals surface area contributed by atoms with Crippen LogP contribution < -0.4 is 10.5 Å². The van der Waals surface area contributed by atoms with Crippen LogP contribution in [0.2, 0.25) is 0 Å². The third kappa shape index (κ3) is 2.70. The summed E-state index contributed by atoms with van der Waals surface area (Å²) in [5.41, 5.74) is 10.6. The highest BCUT2D eigenvalue weighted by molar-refractivity contribution is 5.43. The second-order valence-electron chi connectivity index (χ2n) is 5.07. The highest BCUT2D eigenvalue weighted by Crippen LogP contribution is 2.31. The van der Waals surface area contributed by atoms with Crippen LogP contribution in [0.25, 0.3) is 0 Å². The fourth-order valence-electron chi connectivity index (χ4n) is 2.48. The summed E-state index contributed by atoms with van der Waals surface area (Å²) in [5.74, 6) is 0.865. The van der Waals surface area contributed by atoms with Crippen molar-refractivity contribution in [3.8, 4) is 5.75 Å². The minimum absolute atomic E-state index is 0.211. The molecule has 108 valence electrons. The Morgan fingerprint density at radius 2 is 2.00 bits per heavy atom. The third-order valence-electron chi connectivity index (χ3n) is 3.59. The van der Waals surface area contributed by atoms with E-state index in [0.717, 1.165) is 34.7 Å². The molecular weight excluding hydrogens is 250 g/mol. The van der Waals surface area contributed by atoms with Crippen molar-refractivity contribution in [2.45, 2.75) is 33.2 Å². The fraction of sp³-hybridized carbons (Fsp3) is 0.438. The molecule has 2 aromatic rings. The van der Waals surface area contributed by atoms with E-state index in [1.807, 2.05) is 49.8 Å². The van der Waals surface area contributed by atoms with Gasteiger partial charge in [-0.3, -0.25) is 4.68 Å². The molecule has 0 saturated carbocycles. The van der Waals surface area contributed by atoms with Crippen molar-refractivity contribution in [3.05, 3.63) is 46.8 Å². The molecule has 1 aromatic heterocycles. The molecule has 0 bridgehead atoms. The molecule has 2 rings (SSSR count). The van der Waals surface area contributed by atoms with E-state index in [2.05, 4.69) is 12.0 Å². The van der Waals surface area contributed by atoms with Crippen molar-refractivity contribution in [1.82, 2.24) is 9.78 Å². The predicted molar refractivity (Wildman–Crippen MR) is 80.9 cm³/mol. The first-order valence-electron chi connectivity index (χ1n) is 7.03. The molecular formula is C16H23N3O. The molecule has 20 heavy (non-hydrogen) atoms. The maximum atomic E-state index is 6.47. The molecule has 0 aliphatic carbocycles. The van der Waals surface area contributed by atoms with Gasteiger partial charge in [-0.15, -0.1) is 0 Å². The third-order valence-corrected chi connectivity index (χ3v) is 3.59. The summed E-state index contributed by atoms with van der Waals surface area (Å²) >= 11 is 0. The highest BCUT2D eigenvalue weighted by atomic mass is 16.5. The molecule has 2 N–H and O–H groups in total. The van der Waals surface area contributed by atoms with Gasteiger partial charge in [-0.05, 0) is 26.3 Å². The molecule has 4 heteroatoms. The van der Waals surface area contributed by atoms with Crippen LogP contribution in [0.3, 0.4) is 0 Å². The van der Waals surface area contributed by atoms with Crippen LogP contribution in [0, 0.1) is 13.8 Å². The summed E-state index contributed by atoms with van der Waals surface area (Å²) in [7, 11) is 1.94. The van der Waals surface area contributed by atoms with E-state index in [-0.39, 0.29) is 6.04 Å². The number of hydrogen-bond donors (Lipinski definition) is 1. The highest BCUT2D eigenvalue weighted by Gasteiger charge is 2.21. The van der Waals surface area contributed by atoms with E-state index in [1.165, 1.54) is 0 Å². The second-order valence-corrected chi connectivity index (χ2v) is 5.07. The van der Waals surface area contributed by atoms with E-state index >= 15 is 0 Å². The van der Waals surface area contributed by atoms with Gasteiger partial charge in [0.1, 0.15) is 5.75 Å². The minimum Gasteiger partial charge on any atom is -0.493 e. The van der Waals surface area contributed by atoms with Gasteiger partial charge in [-0.25, -0.2) is 0 Å². The number of benzene rings is 1. The van der Waals surface area contributed by atoms with Crippen LogP contribution in [0.5, 0.6) is 5.75 Å². The number of aryl methyl sites for hydroxylation is 2. The van der Waals surface area contributed by atoms with Gasteiger partial charge in [0.05, 0.1) is 18.3 Å². The van der Waals surface area contributed by atoms with Crippen molar-refractivity contribution in [3.63, 3.8) is 0 Å². The van der Waals surface area contributed by atoms with Gasteiger partial charge in [0.15, 0.2) is 0 Å². The fourth-order valence-corrected chi connectivity index (χ4v) is 2.48. The predicted octanol–water partition coefficient (Wildman–Crippen LogP) is 2.87. The first-order valence-corrected chi connectivity index (χ1v) is 7.03. The number of nitrogens with two attached hydrogens (primary N) is 1. The van der Waals surface area contributed by atoms with Crippen molar-refractivity contribution in [1.29, 1.82) is 0 Å². The molecule has 0 fully saturated rings. The first-order chi connectivity index (χ1) is 9.56. The lowest BCUT2D eigenvalue weighted by atomic mass is 9.97. The Labute approximate surface area is 120 Å². The van der Waals surface area contributed by atoms with Crippen LogP contribution in [-0.2, 0) is 7.05 Å². The van der Waals surface area contributed by atoms with Gasteiger partial charge < -0.3 is 10.5 Å². The van der Waals surface area contributed by atoms with E-state index in [0.29, 0.717) is 6.61 Å². The summed E-state index contributed by atoms with van der Waals surface area (Å²) in [5, 5.41) is 4.44. The molecule has 0 amide bonds. The molecule has 0 spiro atoms. The minimum atomic E-state index is -0.211. The molecule has 1 aromatic carbocycles. The molecule has 4 nitrogen and oxygen atoms in total. The lowest BCUT2D eigenvalue weighted by Crippen LogP contribution is -2.15. The Morgan fingerprint density at radius 3 is 2.60 bits per heavy atom. The second kappa shape index (κ2) is 6.09. The zero-order valence-electron chi connectivity index (χ0n) is 12.7. The summed E-state index contributed by atoms with van der Waals surface area (Å²) in [6, 6.07) is 7.77. The molecule has 1 unspecified atom stereocenters. The lowest BCUT2D eigenvalue weighted by Gasteiger charge is -2.17. The normalized spacial score (nSPS) is 12.4. The topological polar surface area (TPSA) is 53.1 Å². The zero-order chi connectivity index (χ0) is 14.7. The van der Waals surface area contributed by atoms with E-state index < -0.39 is 0 Å². The monoisotopic (exact) mass is 273 g/mol. The number of para-hydroxylation sites is 1. The number of hydrogen-bond acceptors (Lipinski definition) is 3. The Morgan fingerprint density at radius 1 is 1.30 bits per heavy atom. The van der Waals surface area contributed by atoms with Crippen LogP contribution in [0.4, 0.5) is 0 Å². The maximum Gasteiger partial charge on any atom is 0.124 e. The van der Waals surface area contributed by atoms with Gasteiger partial charge in [0.2, 0.25) is 0 Å². The SMILES string of the molecule is CCCOc1ccccc1C(N)c1c(C)nn(C)c1C. The molecule has 1 atom stereocenters. The van der Waals surface area contributed by atoms with Crippen molar-refractivity contribution < 1.29 is 4.74 Å². The Hall–Kier alpha value is -1.81. The van der Waals surface area contributed by atoms with Gasteiger partial charge in [-0.2, -0.15) is 5.10 Å². The van der Waals surface area contributed by atoms with Gasteiger partial charge in [0.25, 0.3) is 0 Å². The quantitative estimate of drug-likeness (QED) is 0.911. The molecule has 0 saturated heterocycles. The van der Waals surface area contributed by atoms with Crippen LogP contribution >= 0.6 is 0 Å². The Bertz CT molecular complexity index is 589. The summed E-state index contributed by atoms with van der Waals surface area (Å²) < 4.78 is 7.68. The summed E-state index contributed by atoms with van der Waals surface area (Å²) in [4.78, 5) is 0. The van der Waals surface area contributed by atoms with Gasteiger partial charge >= 0.3 is 0 Å². The largest absolute Gasteiger partial charge is 0.493 e. The van der Waals surface area contributed by atoms with Crippen molar-refractivity contribution in [2.75, 3.05) is 6.61 Å². The maximum absolute atomic E-state index is 6.47. The van der Waals surface area contributed by atoms with Crippen molar-refractivity contribution >= 4 is 0 Å². The van der Waals surface area contributed by atoms with E-state index in [4.69, 9.17) is 10.5 Å². The van der Waals surface area contributed by atoms with Crippen molar-refractivity contribution in [2.24, 2.45) is 12.8 Å².